The van der Waals surface area contributed by atoms with E-state index in [1.54, 1.807) is 6.20 Å². The Balaban J connectivity index is 1.60. The molecule has 0 aliphatic heterocycles. The topological polar surface area (TPSA) is 46.9 Å². The van der Waals surface area contributed by atoms with E-state index in [2.05, 4.69) is 22.6 Å². The molecule has 1 amide bonds. The summed E-state index contributed by atoms with van der Waals surface area (Å²) in [6, 6.07) is 9.83. The molecule has 108 valence electrons. The second kappa shape index (κ2) is 6.39. The average Bonchev–Trinajstić information content (AvgIpc) is 3.12. The lowest BCUT2D eigenvalue weighted by Gasteiger charge is -2.10. The first-order valence-corrected chi connectivity index (χ1v) is 7.32. The van der Waals surface area contributed by atoms with Gasteiger partial charge in [0.25, 0.3) is 0 Å². The first kappa shape index (κ1) is 13.6. The van der Waals surface area contributed by atoms with Gasteiger partial charge in [0.15, 0.2) is 0 Å². The molecule has 1 heterocycles. The van der Waals surface area contributed by atoms with E-state index in [4.69, 9.17) is 0 Å². The van der Waals surface area contributed by atoms with Crippen molar-refractivity contribution in [3.05, 3.63) is 60.4 Å². The van der Waals surface area contributed by atoms with Crippen LogP contribution in [0.1, 0.15) is 24.8 Å². The van der Waals surface area contributed by atoms with Crippen LogP contribution in [0.3, 0.4) is 0 Å². The van der Waals surface area contributed by atoms with Gasteiger partial charge in [0.1, 0.15) is 0 Å². The van der Waals surface area contributed by atoms with Gasteiger partial charge in [-0.05, 0) is 42.5 Å². The van der Waals surface area contributed by atoms with Crippen molar-refractivity contribution in [1.82, 2.24) is 9.78 Å². The van der Waals surface area contributed by atoms with E-state index in [9.17, 15) is 4.79 Å². The quantitative estimate of drug-likeness (QED) is 0.855. The number of benzene rings is 1. The van der Waals surface area contributed by atoms with Gasteiger partial charge < -0.3 is 5.32 Å². The molecular formula is C17H19N3O. The average molecular weight is 281 g/mol. The van der Waals surface area contributed by atoms with Crippen molar-refractivity contribution in [2.75, 3.05) is 5.32 Å². The van der Waals surface area contributed by atoms with Crippen molar-refractivity contribution in [2.45, 2.75) is 25.8 Å². The number of carbonyl (C=O) groups excluding carboxylic acids is 1. The van der Waals surface area contributed by atoms with Crippen molar-refractivity contribution < 1.29 is 4.79 Å². The van der Waals surface area contributed by atoms with Crippen LogP contribution in [0.5, 0.6) is 0 Å². The maximum absolute atomic E-state index is 12.0. The number of hydrogen-bond donors (Lipinski definition) is 1. The fourth-order valence-electron chi connectivity index (χ4n) is 2.64. The van der Waals surface area contributed by atoms with E-state index < -0.39 is 0 Å². The molecule has 0 spiro atoms. The second-order valence-corrected chi connectivity index (χ2v) is 5.42. The van der Waals surface area contributed by atoms with Crippen LogP contribution in [-0.2, 0) is 11.3 Å². The van der Waals surface area contributed by atoms with Gasteiger partial charge in [-0.2, -0.15) is 5.10 Å². The normalized spacial score (nSPS) is 17.0. The summed E-state index contributed by atoms with van der Waals surface area (Å²) >= 11 is 0. The lowest BCUT2D eigenvalue weighted by molar-refractivity contribution is -0.116. The highest BCUT2D eigenvalue weighted by Gasteiger charge is 2.14. The van der Waals surface area contributed by atoms with Crippen LogP contribution in [-0.4, -0.2) is 15.7 Å². The number of hydrogen-bond acceptors (Lipinski definition) is 2. The third kappa shape index (κ3) is 3.81. The Morgan fingerprint density at radius 3 is 3.10 bits per heavy atom. The Kier molecular flexibility index (Phi) is 4.15. The van der Waals surface area contributed by atoms with Gasteiger partial charge >= 0.3 is 0 Å². The predicted octanol–water partition coefficient (Wildman–Crippen LogP) is 3.23. The Bertz CT molecular complexity index is 631. The van der Waals surface area contributed by atoms with Gasteiger partial charge in [0, 0.05) is 24.5 Å². The zero-order chi connectivity index (χ0) is 14.5. The largest absolute Gasteiger partial charge is 0.326 e. The molecule has 4 heteroatoms. The second-order valence-electron chi connectivity index (χ2n) is 5.42. The van der Waals surface area contributed by atoms with Crippen LogP contribution in [0.4, 0.5) is 5.69 Å². The van der Waals surface area contributed by atoms with Crippen LogP contribution in [0, 0.1) is 5.92 Å². The maximum Gasteiger partial charge on any atom is 0.224 e. The number of nitrogens with zero attached hydrogens (tertiary/aromatic N) is 2. The number of allylic oxidation sites excluding steroid dienone is 2. The molecule has 0 unspecified atom stereocenters. The minimum absolute atomic E-state index is 0.0859. The summed E-state index contributed by atoms with van der Waals surface area (Å²) in [5.74, 6) is 0.486. The van der Waals surface area contributed by atoms with Gasteiger partial charge in [-0.3, -0.25) is 9.48 Å². The molecule has 0 saturated heterocycles. The SMILES string of the molecule is O=C(C[C@H]1C=CCC1)Nc1cccc(Cn2cccn2)c1. The summed E-state index contributed by atoms with van der Waals surface area (Å²) in [5, 5.41) is 7.18. The van der Waals surface area contributed by atoms with Crippen LogP contribution in [0.15, 0.2) is 54.9 Å². The standard InChI is InChI=1S/C17H19N3O/c21-17(12-14-5-1-2-6-14)19-16-8-3-7-15(11-16)13-20-10-4-9-18-20/h1,3-5,7-11,14H,2,6,12-13H2,(H,19,21)/t14-/m0/s1. The molecule has 0 saturated carbocycles. The molecular weight excluding hydrogens is 262 g/mol. The van der Waals surface area contributed by atoms with Gasteiger partial charge in [-0.25, -0.2) is 0 Å². The van der Waals surface area contributed by atoms with E-state index in [0.717, 1.165) is 24.1 Å². The van der Waals surface area contributed by atoms with Gasteiger partial charge in [0.05, 0.1) is 6.54 Å². The van der Waals surface area contributed by atoms with Crippen molar-refractivity contribution in [2.24, 2.45) is 5.92 Å². The number of aromatic nitrogens is 2. The smallest absolute Gasteiger partial charge is 0.224 e. The summed E-state index contributed by atoms with van der Waals surface area (Å²) in [7, 11) is 0. The molecule has 0 bridgehead atoms. The summed E-state index contributed by atoms with van der Waals surface area (Å²) < 4.78 is 1.87. The molecule has 4 nitrogen and oxygen atoms in total. The highest BCUT2D eigenvalue weighted by molar-refractivity contribution is 5.91. The minimum Gasteiger partial charge on any atom is -0.326 e. The van der Waals surface area contributed by atoms with E-state index in [1.165, 1.54) is 0 Å². The van der Waals surface area contributed by atoms with E-state index in [-0.39, 0.29) is 5.91 Å². The fourth-order valence-corrected chi connectivity index (χ4v) is 2.64. The molecule has 0 radical (unpaired) electrons. The van der Waals surface area contributed by atoms with Crippen LogP contribution in [0.25, 0.3) is 0 Å². The van der Waals surface area contributed by atoms with Crippen molar-refractivity contribution in [3.63, 3.8) is 0 Å². The predicted molar refractivity (Wildman–Crippen MR) is 82.9 cm³/mol. The fraction of sp³-hybridized carbons (Fsp3) is 0.294. The van der Waals surface area contributed by atoms with E-state index in [0.29, 0.717) is 18.9 Å². The zero-order valence-corrected chi connectivity index (χ0v) is 11.9. The number of anilines is 1. The molecule has 1 aliphatic carbocycles. The summed E-state index contributed by atoms with van der Waals surface area (Å²) in [6.45, 7) is 0.710. The monoisotopic (exact) mass is 281 g/mol. The molecule has 1 aromatic carbocycles. The summed E-state index contributed by atoms with van der Waals surface area (Å²) in [5.41, 5.74) is 1.98. The van der Waals surface area contributed by atoms with Gasteiger partial charge in [0.2, 0.25) is 5.91 Å². The van der Waals surface area contributed by atoms with Crippen LogP contribution < -0.4 is 5.32 Å². The highest BCUT2D eigenvalue weighted by atomic mass is 16.1. The lowest BCUT2D eigenvalue weighted by Crippen LogP contribution is -2.15. The Morgan fingerprint density at radius 2 is 2.33 bits per heavy atom. The first-order chi connectivity index (χ1) is 10.3. The molecule has 1 N–H and O–H groups in total. The number of rotatable bonds is 5. The van der Waals surface area contributed by atoms with Crippen LogP contribution >= 0.6 is 0 Å². The molecule has 1 atom stereocenters. The summed E-state index contributed by atoms with van der Waals surface area (Å²) in [6.07, 6.45) is 10.7. The first-order valence-electron chi connectivity index (χ1n) is 7.32. The number of carbonyl (C=O) groups is 1. The molecule has 1 aromatic heterocycles. The third-order valence-corrected chi connectivity index (χ3v) is 3.67. The van der Waals surface area contributed by atoms with Crippen molar-refractivity contribution in [1.29, 1.82) is 0 Å². The zero-order valence-electron chi connectivity index (χ0n) is 11.9. The third-order valence-electron chi connectivity index (χ3n) is 3.67. The van der Waals surface area contributed by atoms with E-state index in [1.807, 2.05) is 41.2 Å². The molecule has 1 aliphatic rings. The van der Waals surface area contributed by atoms with Crippen LogP contribution in [0.2, 0.25) is 0 Å². The highest BCUT2D eigenvalue weighted by Crippen LogP contribution is 2.21. The molecule has 2 aromatic rings. The van der Waals surface area contributed by atoms with Gasteiger partial charge in [-0.15, -0.1) is 0 Å². The maximum atomic E-state index is 12.0. The Morgan fingerprint density at radius 1 is 1.38 bits per heavy atom. The summed E-state index contributed by atoms with van der Waals surface area (Å²) in [4.78, 5) is 12.0. The molecule has 21 heavy (non-hydrogen) atoms. The van der Waals surface area contributed by atoms with Crippen molar-refractivity contribution >= 4 is 11.6 Å². The van der Waals surface area contributed by atoms with Gasteiger partial charge in [-0.1, -0.05) is 24.3 Å². The number of amides is 1. The Labute approximate surface area is 124 Å². The molecule has 3 rings (SSSR count). The molecule has 0 fully saturated rings. The van der Waals surface area contributed by atoms with E-state index >= 15 is 0 Å². The minimum atomic E-state index is 0.0859. The number of nitrogens with one attached hydrogen (secondary N) is 1. The van der Waals surface area contributed by atoms with Crippen molar-refractivity contribution in [3.8, 4) is 0 Å². The Hall–Kier alpha value is -2.36. The lowest BCUT2D eigenvalue weighted by atomic mass is 10.0.